The van der Waals surface area contributed by atoms with E-state index in [1.165, 1.54) is 0 Å². The van der Waals surface area contributed by atoms with Crippen LogP contribution in [-0.2, 0) is 16.0 Å². The van der Waals surface area contributed by atoms with E-state index in [2.05, 4.69) is 0 Å². The smallest absolute Gasteiger partial charge is 0.338 e. The number of nitrogens with zero attached hydrogens (tertiary/aromatic N) is 1. The molecule has 1 aliphatic rings. The van der Waals surface area contributed by atoms with Gasteiger partial charge in [0.2, 0.25) is 5.75 Å². The van der Waals surface area contributed by atoms with Crippen LogP contribution < -0.4 is 19.1 Å². The zero-order valence-electron chi connectivity index (χ0n) is 17.6. The molecule has 0 spiro atoms. The van der Waals surface area contributed by atoms with Crippen molar-refractivity contribution in [2.45, 2.75) is 27.2 Å². The van der Waals surface area contributed by atoms with E-state index >= 15 is 0 Å². The predicted molar refractivity (Wildman–Crippen MR) is 113 cm³/mol. The van der Waals surface area contributed by atoms with Crippen molar-refractivity contribution in [3.05, 3.63) is 47.5 Å². The fraction of sp³-hybridized carbons (Fsp3) is 0.391. The van der Waals surface area contributed by atoms with Gasteiger partial charge in [0.25, 0.3) is 5.91 Å². The third-order valence-electron chi connectivity index (χ3n) is 4.66. The van der Waals surface area contributed by atoms with E-state index in [0.717, 1.165) is 17.7 Å². The van der Waals surface area contributed by atoms with Gasteiger partial charge < -0.3 is 23.8 Å². The Hall–Kier alpha value is -3.22. The number of carbonyl (C=O) groups excluding carboxylic acids is 2. The number of para-hydroxylation sites is 1. The molecule has 0 bridgehead atoms. The first-order chi connectivity index (χ1) is 14.6. The maximum absolute atomic E-state index is 12.6. The summed E-state index contributed by atoms with van der Waals surface area (Å²) in [5.41, 5.74) is 2.23. The minimum Gasteiger partial charge on any atom is -0.490 e. The van der Waals surface area contributed by atoms with Gasteiger partial charge in [0.05, 0.1) is 25.4 Å². The SMILES string of the molecule is CCOc1cc(C(=O)OCC(=O)N2CCc3ccccc32)cc(OCC)c1OCC. The normalized spacial score (nSPS) is 12.3. The first kappa shape index (κ1) is 21.5. The summed E-state index contributed by atoms with van der Waals surface area (Å²) in [6.45, 7) is 7.01. The van der Waals surface area contributed by atoms with Crippen molar-refractivity contribution >= 4 is 17.6 Å². The van der Waals surface area contributed by atoms with Crippen LogP contribution in [0.5, 0.6) is 17.2 Å². The van der Waals surface area contributed by atoms with E-state index in [-0.39, 0.29) is 18.1 Å². The minimum absolute atomic E-state index is 0.236. The lowest BCUT2D eigenvalue weighted by atomic mass is 10.2. The van der Waals surface area contributed by atoms with Crippen LogP contribution in [0, 0.1) is 0 Å². The van der Waals surface area contributed by atoms with Crippen molar-refractivity contribution in [1.82, 2.24) is 0 Å². The molecule has 0 saturated carbocycles. The van der Waals surface area contributed by atoms with Crippen LogP contribution in [0.3, 0.4) is 0 Å². The van der Waals surface area contributed by atoms with E-state index in [1.807, 2.05) is 45.0 Å². The molecule has 1 amide bonds. The first-order valence-corrected chi connectivity index (χ1v) is 10.2. The third-order valence-corrected chi connectivity index (χ3v) is 4.66. The number of hydrogen-bond donors (Lipinski definition) is 0. The van der Waals surface area contributed by atoms with Gasteiger partial charge in [-0.2, -0.15) is 0 Å². The third kappa shape index (κ3) is 4.67. The van der Waals surface area contributed by atoms with Crippen LogP contribution >= 0.6 is 0 Å². The molecular weight excluding hydrogens is 386 g/mol. The second-order valence-corrected chi connectivity index (χ2v) is 6.60. The lowest BCUT2D eigenvalue weighted by molar-refractivity contribution is -0.121. The van der Waals surface area contributed by atoms with E-state index in [0.29, 0.717) is 43.6 Å². The fourth-order valence-electron chi connectivity index (χ4n) is 3.39. The molecule has 0 saturated heterocycles. The monoisotopic (exact) mass is 413 g/mol. The van der Waals surface area contributed by atoms with Crippen molar-refractivity contribution in [3.8, 4) is 17.2 Å². The summed E-state index contributed by atoms with van der Waals surface area (Å²) in [4.78, 5) is 26.9. The first-order valence-electron chi connectivity index (χ1n) is 10.2. The predicted octanol–water partition coefficient (Wildman–Crippen LogP) is 3.63. The average molecular weight is 413 g/mol. The molecule has 0 N–H and O–H groups in total. The Balaban J connectivity index is 1.74. The molecule has 7 nitrogen and oxygen atoms in total. The molecule has 2 aromatic rings. The van der Waals surface area contributed by atoms with Crippen molar-refractivity contribution < 1.29 is 28.5 Å². The number of amides is 1. The molecule has 2 aromatic carbocycles. The fourth-order valence-corrected chi connectivity index (χ4v) is 3.39. The topological polar surface area (TPSA) is 74.3 Å². The molecule has 160 valence electrons. The number of benzene rings is 2. The average Bonchev–Trinajstić information content (AvgIpc) is 3.18. The van der Waals surface area contributed by atoms with Gasteiger partial charge in [-0.25, -0.2) is 4.79 Å². The molecule has 0 unspecified atom stereocenters. The van der Waals surface area contributed by atoms with E-state index < -0.39 is 5.97 Å². The second kappa shape index (κ2) is 10.0. The van der Waals surface area contributed by atoms with Crippen LogP contribution in [0.15, 0.2) is 36.4 Å². The number of carbonyl (C=O) groups is 2. The molecule has 7 heteroatoms. The highest BCUT2D eigenvalue weighted by Gasteiger charge is 2.26. The molecule has 0 aromatic heterocycles. The second-order valence-electron chi connectivity index (χ2n) is 6.60. The van der Waals surface area contributed by atoms with Crippen LogP contribution in [-0.4, -0.2) is 44.8 Å². The van der Waals surface area contributed by atoms with Crippen LogP contribution in [0.2, 0.25) is 0 Å². The van der Waals surface area contributed by atoms with E-state index in [4.69, 9.17) is 18.9 Å². The lowest BCUT2D eigenvalue weighted by Gasteiger charge is -2.18. The summed E-state index contributed by atoms with van der Waals surface area (Å²) >= 11 is 0. The van der Waals surface area contributed by atoms with Crippen LogP contribution in [0.1, 0.15) is 36.7 Å². The van der Waals surface area contributed by atoms with Gasteiger partial charge in [-0.3, -0.25) is 4.79 Å². The molecule has 3 rings (SSSR count). The summed E-state index contributed by atoms with van der Waals surface area (Å²) in [6.07, 6.45) is 0.796. The Labute approximate surface area is 176 Å². The van der Waals surface area contributed by atoms with Crippen LogP contribution in [0.25, 0.3) is 0 Å². The number of fused-ring (bicyclic) bond motifs is 1. The number of ether oxygens (including phenoxy) is 4. The number of rotatable bonds is 9. The van der Waals surface area contributed by atoms with Gasteiger partial charge in [-0.15, -0.1) is 0 Å². The summed E-state index contributed by atoms with van der Waals surface area (Å²) < 4.78 is 22.2. The molecule has 0 radical (unpaired) electrons. The van der Waals surface area contributed by atoms with Gasteiger partial charge in [0, 0.05) is 12.2 Å². The molecule has 1 aliphatic heterocycles. The Kier molecular flexibility index (Phi) is 7.17. The molecular formula is C23H27NO6. The van der Waals surface area contributed by atoms with Gasteiger partial charge in [0.1, 0.15) is 0 Å². The van der Waals surface area contributed by atoms with Crippen molar-refractivity contribution in [2.75, 3.05) is 37.9 Å². The molecule has 0 aliphatic carbocycles. The van der Waals surface area contributed by atoms with Crippen LogP contribution in [0.4, 0.5) is 5.69 Å². The standard InChI is InChI=1S/C23H27NO6/c1-4-27-19-13-17(14-20(28-5-2)22(19)29-6-3)23(26)30-15-21(25)24-12-11-16-9-7-8-10-18(16)24/h7-10,13-14H,4-6,11-12,15H2,1-3H3. The Morgan fingerprint density at radius 3 is 2.20 bits per heavy atom. The molecule has 0 atom stereocenters. The van der Waals surface area contributed by atoms with Crippen molar-refractivity contribution in [3.63, 3.8) is 0 Å². The van der Waals surface area contributed by atoms with Gasteiger partial charge in [0.15, 0.2) is 18.1 Å². The Morgan fingerprint density at radius 2 is 1.57 bits per heavy atom. The Bertz CT molecular complexity index is 883. The van der Waals surface area contributed by atoms with Crippen molar-refractivity contribution in [2.24, 2.45) is 0 Å². The van der Waals surface area contributed by atoms with E-state index in [9.17, 15) is 9.59 Å². The minimum atomic E-state index is -0.624. The van der Waals surface area contributed by atoms with Gasteiger partial charge in [-0.1, -0.05) is 18.2 Å². The summed E-state index contributed by atoms with van der Waals surface area (Å²) in [6, 6.07) is 10.8. The maximum Gasteiger partial charge on any atom is 0.338 e. The van der Waals surface area contributed by atoms with E-state index in [1.54, 1.807) is 17.0 Å². The zero-order valence-corrected chi connectivity index (χ0v) is 17.6. The Morgan fingerprint density at radius 1 is 0.933 bits per heavy atom. The molecule has 30 heavy (non-hydrogen) atoms. The summed E-state index contributed by atoms with van der Waals surface area (Å²) in [5.74, 6) is 0.367. The number of anilines is 1. The lowest BCUT2D eigenvalue weighted by Crippen LogP contribution is -2.33. The molecule has 1 heterocycles. The largest absolute Gasteiger partial charge is 0.490 e. The summed E-state index contributed by atoms with van der Waals surface area (Å²) in [7, 11) is 0. The molecule has 0 fully saturated rings. The van der Waals surface area contributed by atoms with Crippen molar-refractivity contribution in [1.29, 1.82) is 0 Å². The highest BCUT2D eigenvalue weighted by molar-refractivity contribution is 5.98. The highest BCUT2D eigenvalue weighted by Crippen LogP contribution is 2.39. The number of hydrogen-bond acceptors (Lipinski definition) is 6. The van der Waals surface area contributed by atoms with Gasteiger partial charge in [-0.05, 0) is 51.0 Å². The highest BCUT2D eigenvalue weighted by atomic mass is 16.5. The summed E-state index contributed by atoms with van der Waals surface area (Å²) in [5, 5.41) is 0. The zero-order chi connectivity index (χ0) is 21.5. The van der Waals surface area contributed by atoms with Gasteiger partial charge >= 0.3 is 5.97 Å². The maximum atomic E-state index is 12.6. The quantitative estimate of drug-likeness (QED) is 0.585. The number of esters is 1.